The lowest BCUT2D eigenvalue weighted by atomic mass is 10.2. The molecule has 1 rings (SSSR count). The van der Waals surface area contributed by atoms with Crippen LogP contribution in [0, 0.1) is 0 Å². The fourth-order valence-corrected chi connectivity index (χ4v) is 1.61. The van der Waals surface area contributed by atoms with Crippen LogP contribution in [0.5, 0.6) is 5.75 Å². The molecule has 0 heterocycles. The van der Waals surface area contributed by atoms with Gasteiger partial charge in [-0.25, -0.2) is 0 Å². The number of phenolic OH excluding ortho intramolecular Hbond substituents is 1. The van der Waals surface area contributed by atoms with Crippen molar-refractivity contribution in [2.45, 2.75) is 19.9 Å². The number of hydrogen-bond donors (Lipinski definition) is 2. The normalized spacial score (nSPS) is 11.0. The molecule has 1 amide bonds. The van der Waals surface area contributed by atoms with Crippen LogP contribution >= 0.6 is 15.9 Å². The minimum absolute atomic E-state index is 0.0712. The van der Waals surface area contributed by atoms with Gasteiger partial charge < -0.3 is 15.3 Å². The lowest BCUT2D eigenvalue weighted by Crippen LogP contribution is -2.36. The maximum absolute atomic E-state index is 11.8. The lowest BCUT2D eigenvalue weighted by Gasteiger charge is -2.20. The van der Waals surface area contributed by atoms with Crippen molar-refractivity contribution >= 4 is 21.8 Å². The Morgan fingerprint density at radius 3 is 2.72 bits per heavy atom. The molecule has 18 heavy (non-hydrogen) atoms. The van der Waals surface area contributed by atoms with Gasteiger partial charge in [0.2, 0.25) is 0 Å². The molecule has 0 bridgehead atoms. The summed E-state index contributed by atoms with van der Waals surface area (Å²) in [5, 5.41) is 12.3. The molecule has 0 unspecified atom stereocenters. The van der Waals surface area contributed by atoms with Gasteiger partial charge in [0.15, 0.2) is 0 Å². The summed E-state index contributed by atoms with van der Waals surface area (Å²) < 4.78 is 0.582. The van der Waals surface area contributed by atoms with Crippen LogP contribution in [-0.4, -0.2) is 42.1 Å². The fourth-order valence-electron chi connectivity index (χ4n) is 1.36. The van der Waals surface area contributed by atoms with E-state index < -0.39 is 0 Å². The van der Waals surface area contributed by atoms with E-state index >= 15 is 0 Å². The largest absolute Gasteiger partial charge is 0.507 e. The summed E-state index contributed by atoms with van der Waals surface area (Å²) in [5.74, 6) is -0.100. The second kappa shape index (κ2) is 6.75. The van der Waals surface area contributed by atoms with Crippen molar-refractivity contribution in [2.75, 3.05) is 20.1 Å². The SMILES string of the molecule is CC(C)N(C)CCNC(=O)c1ccc(Br)c(O)c1. The minimum Gasteiger partial charge on any atom is -0.507 e. The standard InChI is InChI=1S/C13H19BrN2O2/c1-9(2)16(3)7-6-15-13(18)10-4-5-11(14)12(17)8-10/h4-5,8-9,17H,6-7H2,1-3H3,(H,15,18). The van der Waals surface area contributed by atoms with Gasteiger partial charge in [-0.1, -0.05) is 0 Å². The molecular weight excluding hydrogens is 296 g/mol. The first kappa shape index (κ1) is 15.0. The molecule has 0 radical (unpaired) electrons. The number of nitrogens with one attached hydrogen (secondary N) is 1. The van der Waals surface area contributed by atoms with Crippen molar-refractivity contribution in [3.63, 3.8) is 0 Å². The first-order chi connectivity index (χ1) is 8.41. The summed E-state index contributed by atoms with van der Waals surface area (Å²) in [6.45, 7) is 5.60. The van der Waals surface area contributed by atoms with Crippen molar-refractivity contribution in [3.05, 3.63) is 28.2 Å². The highest BCUT2D eigenvalue weighted by Crippen LogP contribution is 2.24. The van der Waals surface area contributed by atoms with Gasteiger partial charge in [-0.15, -0.1) is 0 Å². The average molecular weight is 315 g/mol. The quantitative estimate of drug-likeness (QED) is 0.876. The molecule has 1 aromatic carbocycles. The van der Waals surface area contributed by atoms with E-state index in [0.717, 1.165) is 6.54 Å². The summed E-state index contributed by atoms with van der Waals surface area (Å²) in [7, 11) is 2.02. The number of nitrogens with zero attached hydrogens (tertiary/aromatic N) is 1. The van der Waals surface area contributed by atoms with Gasteiger partial charge in [0, 0.05) is 24.7 Å². The Labute approximate surface area is 116 Å². The maximum atomic E-state index is 11.8. The van der Waals surface area contributed by atoms with Crippen molar-refractivity contribution in [3.8, 4) is 5.75 Å². The molecule has 0 fully saturated rings. The third-order valence-corrected chi connectivity index (χ3v) is 3.51. The van der Waals surface area contributed by atoms with E-state index in [1.165, 1.54) is 6.07 Å². The van der Waals surface area contributed by atoms with Crippen LogP contribution in [0.1, 0.15) is 24.2 Å². The van der Waals surface area contributed by atoms with Crippen LogP contribution < -0.4 is 5.32 Å². The number of carbonyl (C=O) groups is 1. The predicted octanol–water partition coefficient (Wildman–Crippen LogP) is 2.22. The third-order valence-electron chi connectivity index (χ3n) is 2.84. The molecule has 0 atom stereocenters. The van der Waals surface area contributed by atoms with E-state index in [9.17, 15) is 9.90 Å². The molecule has 0 spiro atoms. The molecule has 4 nitrogen and oxygen atoms in total. The predicted molar refractivity (Wildman–Crippen MR) is 75.9 cm³/mol. The zero-order chi connectivity index (χ0) is 13.7. The van der Waals surface area contributed by atoms with Gasteiger partial charge in [0.1, 0.15) is 5.75 Å². The maximum Gasteiger partial charge on any atom is 0.251 e. The Morgan fingerprint density at radius 1 is 1.50 bits per heavy atom. The summed E-state index contributed by atoms with van der Waals surface area (Å²) in [6.07, 6.45) is 0. The van der Waals surface area contributed by atoms with Gasteiger partial charge >= 0.3 is 0 Å². The van der Waals surface area contributed by atoms with E-state index in [2.05, 4.69) is 40.0 Å². The first-order valence-corrected chi connectivity index (χ1v) is 6.68. The van der Waals surface area contributed by atoms with Gasteiger partial charge in [0.25, 0.3) is 5.91 Å². The Hall–Kier alpha value is -1.07. The van der Waals surface area contributed by atoms with E-state index in [-0.39, 0.29) is 11.7 Å². The molecule has 100 valence electrons. The minimum atomic E-state index is -0.171. The van der Waals surface area contributed by atoms with Gasteiger partial charge in [-0.3, -0.25) is 4.79 Å². The molecule has 5 heteroatoms. The Bertz CT molecular complexity index is 421. The fraction of sp³-hybridized carbons (Fsp3) is 0.462. The van der Waals surface area contributed by atoms with Crippen molar-refractivity contribution in [1.82, 2.24) is 10.2 Å². The molecule has 0 aliphatic rings. The van der Waals surface area contributed by atoms with Crippen LogP contribution in [0.15, 0.2) is 22.7 Å². The highest BCUT2D eigenvalue weighted by Gasteiger charge is 2.08. The average Bonchev–Trinajstić information content (AvgIpc) is 2.32. The second-order valence-electron chi connectivity index (χ2n) is 4.50. The van der Waals surface area contributed by atoms with Crippen LogP contribution in [0.2, 0.25) is 0 Å². The third kappa shape index (κ3) is 4.31. The molecule has 0 saturated carbocycles. The van der Waals surface area contributed by atoms with Crippen molar-refractivity contribution in [1.29, 1.82) is 0 Å². The highest BCUT2D eigenvalue weighted by molar-refractivity contribution is 9.10. The van der Waals surface area contributed by atoms with Gasteiger partial charge in [-0.05, 0) is 55.0 Å². The molecule has 0 aliphatic heterocycles. The Kier molecular flexibility index (Phi) is 5.62. The molecule has 0 aromatic heterocycles. The number of carbonyl (C=O) groups excluding carboxylic acids is 1. The number of halogens is 1. The number of aromatic hydroxyl groups is 1. The highest BCUT2D eigenvalue weighted by atomic mass is 79.9. The van der Waals surface area contributed by atoms with Crippen molar-refractivity contribution < 1.29 is 9.90 Å². The van der Waals surface area contributed by atoms with Gasteiger partial charge in [-0.2, -0.15) is 0 Å². The molecule has 2 N–H and O–H groups in total. The van der Waals surface area contributed by atoms with E-state index in [0.29, 0.717) is 22.6 Å². The smallest absolute Gasteiger partial charge is 0.251 e. The van der Waals surface area contributed by atoms with E-state index in [4.69, 9.17) is 0 Å². The van der Waals surface area contributed by atoms with Crippen molar-refractivity contribution in [2.24, 2.45) is 0 Å². The number of rotatable bonds is 5. The Balaban J connectivity index is 2.48. The molecule has 0 saturated heterocycles. The van der Waals surface area contributed by atoms with E-state index in [1.54, 1.807) is 12.1 Å². The number of phenols is 1. The summed E-state index contributed by atoms with van der Waals surface area (Å²) in [6, 6.07) is 5.24. The number of benzene rings is 1. The van der Waals surface area contributed by atoms with Crippen LogP contribution in [0.3, 0.4) is 0 Å². The summed E-state index contributed by atoms with van der Waals surface area (Å²) in [5.41, 5.74) is 0.461. The van der Waals surface area contributed by atoms with Gasteiger partial charge in [0.05, 0.1) is 4.47 Å². The topological polar surface area (TPSA) is 52.6 Å². The number of hydrogen-bond acceptors (Lipinski definition) is 3. The van der Waals surface area contributed by atoms with Crippen LogP contribution in [0.25, 0.3) is 0 Å². The molecule has 0 aliphatic carbocycles. The summed E-state index contributed by atoms with van der Waals surface area (Å²) >= 11 is 3.18. The second-order valence-corrected chi connectivity index (χ2v) is 5.35. The lowest BCUT2D eigenvalue weighted by molar-refractivity contribution is 0.0947. The monoisotopic (exact) mass is 314 g/mol. The number of likely N-dealkylation sites (N-methyl/N-ethyl adjacent to an activating group) is 1. The zero-order valence-corrected chi connectivity index (χ0v) is 12.5. The van der Waals surface area contributed by atoms with Crippen LogP contribution in [0.4, 0.5) is 0 Å². The van der Waals surface area contributed by atoms with Crippen LogP contribution in [-0.2, 0) is 0 Å². The zero-order valence-electron chi connectivity index (χ0n) is 10.9. The van der Waals surface area contributed by atoms with E-state index in [1.807, 2.05) is 7.05 Å². The summed E-state index contributed by atoms with van der Waals surface area (Å²) in [4.78, 5) is 14.0. The molecular formula is C13H19BrN2O2. The first-order valence-electron chi connectivity index (χ1n) is 5.88. The number of amides is 1. The molecule has 1 aromatic rings. The Morgan fingerprint density at radius 2 is 2.17 bits per heavy atom.